The molecule has 0 unspecified atom stereocenters. The van der Waals surface area contributed by atoms with Gasteiger partial charge < -0.3 is 36.6 Å². The summed E-state index contributed by atoms with van der Waals surface area (Å²) in [7, 11) is 0. The van der Waals surface area contributed by atoms with Crippen LogP contribution in [-0.2, 0) is 32.0 Å². The third-order valence-corrected chi connectivity index (χ3v) is 9.49. The van der Waals surface area contributed by atoms with E-state index in [1.54, 1.807) is 62.4 Å². The van der Waals surface area contributed by atoms with Crippen LogP contribution in [0.15, 0.2) is 60.9 Å². The van der Waals surface area contributed by atoms with Crippen LogP contribution in [0, 0.1) is 17.8 Å². The monoisotopic (exact) mass is 730 g/mol. The number of β-lactam (4-membered cyclic amide) rings is 2. The third-order valence-electron chi connectivity index (χ3n) is 9.49. The molecule has 2 aliphatic heterocycles. The molecule has 7 N–H and O–H groups in total. The number of aromatic nitrogens is 2. The summed E-state index contributed by atoms with van der Waals surface area (Å²) in [6, 6.07) is 8.24. The summed E-state index contributed by atoms with van der Waals surface area (Å²) in [6.45, 7) is 7.23. The number of aliphatic carboxylic acids is 2. The number of carbonyl (C=O) groups is 6. The molecule has 280 valence electrons. The van der Waals surface area contributed by atoms with E-state index in [9.17, 15) is 39.0 Å². The molecule has 0 radical (unpaired) electrons. The van der Waals surface area contributed by atoms with Crippen molar-refractivity contribution in [1.29, 1.82) is 0 Å². The number of carbonyl (C=O) groups excluding carboxylic acids is 4. The minimum atomic E-state index is -1.34. The number of likely N-dealkylation sites (tertiary alicyclic amines) is 2. The Kier molecular flexibility index (Phi) is 11.4. The molecule has 2 saturated heterocycles. The molecular weight excluding hydrogens is 688 g/mol. The number of urea groups is 2. The topological polar surface area (TPSA) is 246 Å². The van der Waals surface area contributed by atoms with Crippen molar-refractivity contribution in [3.8, 4) is 5.75 Å². The minimum Gasteiger partial charge on any atom is -0.480 e. The number of rotatable bonds is 14. The maximum absolute atomic E-state index is 13.1. The Morgan fingerprint density at radius 3 is 1.94 bits per heavy atom. The Morgan fingerprint density at radius 2 is 1.38 bits per heavy atom. The molecule has 2 aromatic heterocycles. The van der Waals surface area contributed by atoms with E-state index in [0.29, 0.717) is 33.2 Å². The summed E-state index contributed by atoms with van der Waals surface area (Å²) in [4.78, 5) is 85.2. The highest BCUT2D eigenvalue weighted by Gasteiger charge is 2.56. The lowest BCUT2D eigenvalue weighted by atomic mass is 9.82. The van der Waals surface area contributed by atoms with Crippen molar-refractivity contribution in [2.24, 2.45) is 17.8 Å². The third kappa shape index (κ3) is 8.45. The molecular formula is C36H42N8O9. The summed E-state index contributed by atoms with van der Waals surface area (Å²) in [5.74, 6) is -4.44. The van der Waals surface area contributed by atoms with E-state index in [2.05, 4.69) is 25.9 Å². The summed E-state index contributed by atoms with van der Waals surface area (Å²) in [5, 5.41) is 28.0. The largest absolute Gasteiger partial charge is 0.480 e. The van der Waals surface area contributed by atoms with Crippen molar-refractivity contribution in [3.05, 3.63) is 77.6 Å². The number of pyridine rings is 2. The zero-order chi connectivity index (χ0) is 38.6. The Labute approximate surface area is 304 Å². The van der Waals surface area contributed by atoms with Gasteiger partial charge in [0, 0.05) is 18.4 Å². The normalized spacial score (nSPS) is 20.5. The van der Waals surface area contributed by atoms with Crippen LogP contribution in [-0.4, -0.2) is 90.7 Å². The molecule has 4 heterocycles. The Bertz CT molecular complexity index is 1910. The number of benzene rings is 1. The van der Waals surface area contributed by atoms with Gasteiger partial charge >= 0.3 is 24.0 Å². The smallest absolute Gasteiger partial charge is 0.327 e. The fourth-order valence-electron chi connectivity index (χ4n) is 6.18. The first-order chi connectivity index (χ1) is 25.2. The van der Waals surface area contributed by atoms with Gasteiger partial charge in [-0.25, -0.2) is 38.9 Å². The molecule has 2 fully saturated rings. The fourth-order valence-corrected chi connectivity index (χ4v) is 6.18. The first-order valence-corrected chi connectivity index (χ1v) is 17.0. The van der Waals surface area contributed by atoms with Crippen LogP contribution in [0.4, 0.5) is 21.2 Å². The second kappa shape index (κ2) is 16.0. The van der Waals surface area contributed by atoms with Gasteiger partial charge in [-0.1, -0.05) is 26.0 Å². The van der Waals surface area contributed by atoms with E-state index < -0.39 is 65.8 Å². The number of nitrogen functional groups attached to an aromatic ring is 1. The summed E-state index contributed by atoms with van der Waals surface area (Å²) >= 11 is 0. The number of nitrogens with zero attached hydrogens (tertiary/aromatic N) is 4. The van der Waals surface area contributed by atoms with Crippen LogP contribution in [0.25, 0.3) is 0 Å². The number of anilines is 2. The highest BCUT2D eigenvalue weighted by Crippen LogP contribution is 2.33. The maximum Gasteiger partial charge on any atom is 0.327 e. The molecule has 53 heavy (non-hydrogen) atoms. The van der Waals surface area contributed by atoms with Gasteiger partial charge in [0.1, 0.15) is 17.4 Å². The minimum absolute atomic E-state index is 0.0319. The van der Waals surface area contributed by atoms with Gasteiger partial charge in [0.2, 0.25) is 11.8 Å². The molecule has 0 saturated carbocycles. The number of hydrogen-bond donors (Lipinski definition) is 6. The van der Waals surface area contributed by atoms with Gasteiger partial charge in [-0.2, -0.15) is 0 Å². The number of amides is 6. The quantitative estimate of drug-likeness (QED) is 0.103. The van der Waals surface area contributed by atoms with Gasteiger partial charge in [-0.05, 0) is 85.7 Å². The van der Waals surface area contributed by atoms with Crippen LogP contribution in [0.3, 0.4) is 0 Å². The molecule has 3 aromatic rings. The van der Waals surface area contributed by atoms with Crippen molar-refractivity contribution < 1.29 is 43.7 Å². The van der Waals surface area contributed by atoms with Crippen LogP contribution in [0.1, 0.15) is 50.4 Å². The van der Waals surface area contributed by atoms with Crippen molar-refractivity contribution in [3.63, 3.8) is 0 Å². The van der Waals surface area contributed by atoms with E-state index >= 15 is 0 Å². The van der Waals surface area contributed by atoms with Crippen LogP contribution in [0.5, 0.6) is 5.75 Å². The van der Waals surface area contributed by atoms with E-state index in [1.165, 1.54) is 12.4 Å². The molecule has 5 rings (SSSR count). The van der Waals surface area contributed by atoms with E-state index in [0.717, 1.165) is 4.90 Å². The molecule has 0 bridgehead atoms. The van der Waals surface area contributed by atoms with Crippen LogP contribution < -0.4 is 26.4 Å². The summed E-state index contributed by atoms with van der Waals surface area (Å²) in [6.07, 6.45) is 3.15. The van der Waals surface area contributed by atoms with E-state index in [1.807, 2.05) is 13.8 Å². The average Bonchev–Trinajstić information content (AvgIpc) is 3.10. The lowest BCUT2D eigenvalue weighted by Gasteiger charge is -2.43. The van der Waals surface area contributed by atoms with Gasteiger partial charge in [-0.3, -0.25) is 9.59 Å². The van der Waals surface area contributed by atoms with Crippen molar-refractivity contribution in [1.82, 2.24) is 30.4 Å². The molecule has 17 nitrogen and oxygen atoms in total. The van der Waals surface area contributed by atoms with Gasteiger partial charge in [0.15, 0.2) is 18.8 Å². The molecule has 6 atom stereocenters. The van der Waals surface area contributed by atoms with E-state index in [-0.39, 0.29) is 37.4 Å². The van der Waals surface area contributed by atoms with Crippen molar-refractivity contribution >= 4 is 47.5 Å². The SMILES string of the molecule is CC(C)[C@@H](C)NC(=O)N1C(=O)[C@H](Cc2ccnc(NCOc3cccc([C@@H](C)NC(=O)N4C(=O)[C@H](Cc5ccnc(N)c5)[C@H]4C(=O)O)c3)c2)[C@H]1C(=O)O. The Morgan fingerprint density at radius 1 is 0.811 bits per heavy atom. The Hall–Kier alpha value is -6.26. The van der Waals surface area contributed by atoms with Gasteiger partial charge in [0.05, 0.1) is 17.9 Å². The number of carboxylic acids is 2. The summed E-state index contributed by atoms with van der Waals surface area (Å²) in [5.41, 5.74) is 7.59. The molecule has 2 aliphatic rings. The highest BCUT2D eigenvalue weighted by atomic mass is 16.5. The maximum atomic E-state index is 13.1. The summed E-state index contributed by atoms with van der Waals surface area (Å²) < 4.78 is 5.84. The van der Waals surface area contributed by atoms with E-state index in [4.69, 9.17) is 10.5 Å². The number of ether oxygens (including phenoxy) is 1. The highest BCUT2D eigenvalue weighted by molar-refractivity contribution is 6.08. The molecule has 0 spiro atoms. The van der Waals surface area contributed by atoms with Gasteiger partial charge in [0.25, 0.3) is 0 Å². The lowest BCUT2D eigenvalue weighted by Crippen LogP contribution is -2.69. The van der Waals surface area contributed by atoms with Gasteiger partial charge in [-0.15, -0.1) is 0 Å². The number of carboxylic acid groups (broad SMARTS) is 2. The Balaban J connectivity index is 1.13. The number of hydrogen-bond acceptors (Lipinski definition) is 11. The van der Waals surface area contributed by atoms with Crippen molar-refractivity contribution in [2.45, 2.75) is 64.7 Å². The molecule has 1 aromatic carbocycles. The number of nitrogens with one attached hydrogen (secondary N) is 3. The molecule has 6 amide bonds. The average molecular weight is 731 g/mol. The zero-order valence-corrected chi connectivity index (χ0v) is 29.6. The first kappa shape index (κ1) is 38.0. The number of nitrogens with two attached hydrogens (primary N) is 1. The second-order valence-electron chi connectivity index (χ2n) is 13.4. The molecule has 0 aliphatic carbocycles. The zero-order valence-electron chi connectivity index (χ0n) is 29.6. The predicted molar refractivity (Wildman–Crippen MR) is 189 cm³/mol. The molecule has 17 heteroatoms. The lowest BCUT2D eigenvalue weighted by molar-refractivity contribution is -0.165. The second-order valence-corrected chi connectivity index (χ2v) is 13.4. The number of imide groups is 2. The standard InChI is InChI=1S/C36H42N8O9/c1-18(2)19(3)41-35(51)43-30(34(49)50)26(32(43)46)13-22-9-11-39-28(15-22)40-17-53-24-7-5-6-23(16-24)20(4)42-36(52)44-29(33(47)48)25(31(44)45)12-21-8-10-38-27(37)14-21/h5-11,14-16,18-20,25-26,29-30H,12-13,17H2,1-4H3,(H2,37,38)(H,39,40)(H,41,51)(H,42,52)(H,47,48)(H,49,50)/t19-,20-,25-,26-,29+,30+/m1/s1. The predicted octanol–water partition coefficient (Wildman–Crippen LogP) is 2.64. The van der Waals surface area contributed by atoms with Crippen LogP contribution >= 0.6 is 0 Å². The fraction of sp³-hybridized carbons (Fsp3) is 0.389. The van der Waals surface area contributed by atoms with Crippen LogP contribution in [0.2, 0.25) is 0 Å². The van der Waals surface area contributed by atoms with Crippen molar-refractivity contribution in [2.75, 3.05) is 17.8 Å². The first-order valence-electron chi connectivity index (χ1n) is 17.0.